The number of hydrogen-bond donors (Lipinski definition) is 2. The van der Waals surface area contributed by atoms with Crippen LogP contribution in [-0.2, 0) is 9.59 Å². The summed E-state index contributed by atoms with van der Waals surface area (Å²) < 4.78 is 0. The number of thiocarbonyl (C=S) groups is 2. The number of hydrogen-bond acceptors (Lipinski definition) is 6. The number of unbranched alkanes of at least 4 members (excludes halogenated alkanes) is 2. The predicted molar refractivity (Wildman–Crippen MR) is 244 cm³/mol. The monoisotopic (exact) mass is 809 g/mol. The molecule has 4 aliphatic rings. The molecule has 0 aromatic carbocycles. The van der Waals surface area contributed by atoms with E-state index in [1.165, 1.54) is 64.2 Å². The Morgan fingerprint density at radius 2 is 1.02 bits per heavy atom. The van der Waals surface area contributed by atoms with Crippen LogP contribution in [0.4, 0.5) is 0 Å². The topological polar surface area (TPSA) is 92.7 Å². The first kappa shape index (κ1) is 48.5. The van der Waals surface area contributed by atoms with E-state index in [2.05, 4.69) is 88.9 Å². The van der Waals surface area contributed by atoms with Crippen molar-refractivity contribution in [2.75, 3.05) is 26.2 Å². The molecule has 0 unspecified atom stereocenters. The van der Waals surface area contributed by atoms with E-state index in [-0.39, 0.29) is 46.6 Å². The standard InChI is InChI=1S/2C24H40N2OS/c2*1-5-6-9-18-14-19(15-18)10-7-11-20-12-8-13-26(20)23(27)22(24(2,3)4)16-21(28)17-25/h2*18-20,22H,5-6,8-9,11-17,25H2,1-4H3/t2*18?,19?,20-,22+/m00/s1. The molecule has 2 aliphatic heterocycles. The smallest absolute Gasteiger partial charge is 0.226 e. The highest BCUT2D eigenvalue weighted by Gasteiger charge is 2.40. The van der Waals surface area contributed by atoms with E-state index >= 15 is 0 Å². The summed E-state index contributed by atoms with van der Waals surface area (Å²) in [6, 6.07) is 0.541. The molecule has 316 valence electrons. The normalized spacial score (nSPS) is 25.6. The summed E-state index contributed by atoms with van der Waals surface area (Å²) in [4.78, 5) is 32.5. The van der Waals surface area contributed by atoms with Crippen molar-refractivity contribution in [3.63, 3.8) is 0 Å². The first-order valence-corrected chi connectivity index (χ1v) is 23.3. The van der Waals surface area contributed by atoms with Crippen LogP contribution in [-0.4, -0.2) is 69.6 Å². The molecule has 6 nitrogen and oxygen atoms in total. The molecule has 2 amide bonds. The minimum absolute atomic E-state index is 0.0944. The van der Waals surface area contributed by atoms with Gasteiger partial charge in [0.05, 0.1) is 0 Å². The Bertz CT molecular complexity index is 1290. The summed E-state index contributed by atoms with van der Waals surface area (Å²) in [6.45, 7) is 19.8. The summed E-state index contributed by atoms with van der Waals surface area (Å²) in [5.41, 5.74) is 11.2. The second-order valence-corrected chi connectivity index (χ2v) is 20.9. The lowest BCUT2D eigenvalue weighted by Crippen LogP contribution is -2.44. The van der Waals surface area contributed by atoms with Gasteiger partial charge >= 0.3 is 0 Å². The van der Waals surface area contributed by atoms with Crippen LogP contribution in [0.3, 0.4) is 0 Å². The van der Waals surface area contributed by atoms with Gasteiger partial charge in [-0.1, -0.05) is 130 Å². The predicted octanol–water partition coefficient (Wildman–Crippen LogP) is 9.94. The van der Waals surface area contributed by atoms with Crippen LogP contribution < -0.4 is 11.5 Å². The first-order chi connectivity index (χ1) is 26.5. The quantitative estimate of drug-likeness (QED) is 0.119. The molecule has 2 heterocycles. The van der Waals surface area contributed by atoms with Crippen molar-refractivity contribution in [1.82, 2.24) is 9.80 Å². The zero-order chi connectivity index (χ0) is 41.5. The minimum Gasteiger partial charge on any atom is -0.338 e. The molecule has 4 fully saturated rings. The number of rotatable bonds is 16. The van der Waals surface area contributed by atoms with Crippen LogP contribution in [0.5, 0.6) is 0 Å². The van der Waals surface area contributed by atoms with Crippen molar-refractivity contribution >= 4 is 46.0 Å². The lowest BCUT2D eigenvalue weighted by Gasteiger charge is -2.35. The minimum atomic E-state index is -0.117. The number of carbonyl (C=O) groups excluding carboxylic acids is 2. The van der Waals surface area contributed by atoms with Crippen molar-refractivity contribution < 1.29 is 9.59 Å². The van der Waals surface area contributed by atoms with Gasteiger partial charge in [0.1, 0.15) is 0 Å². The van der Waals surface area contributed by atoms with Gasteiger partial charge in [0.25, 0.3) is 0 Å². The van der Waals surface area contributed by atoms with Gasteiger partial charge < -0.3 is 21.3 Å². The van der Waals surface area contributed by atoms with Crippen molar-refractivity contribution in [2.45, 2.75) is 183 Å². The van der Waals surface area contributed by atoms with Crippen LogP contribution in [0.15, 0.2) is 0 Å². The molecule has 0 radical (unpaired) electrons. The van der Waals surface area contributed by atoms with Crippen LogP contribution in [0.2, 0.25) is 0 Å². The molecule has 56 heavy (non-hydrogen) atoms. The maximum atomic E-state index is 13.3. The Balaban J connectivity index is 0.000000300. The van der Waals surface area contributed by atoms with Gasteiger partial charge in [-0.2, -0.15) is 0 Å². The lowest BCUT2D eigenvalue weighted by molar-refractivity contribution is -0.140. The third-order valence-corrected chi connectivity index (χ3v) is 13.7. The largest absolute Gasteiger partial charge is 0.338 e. The molecule has 0 spiro atoms. The summed E-state index contributed by atoms with van der Waals surface area (Å²) in [5.74, 6) is 17.1. The molecule has 2 aliphatic carbocycles. The fourth-order valence-corrected chi connectivity index (χ4v) is 9.37. The average Bonchev–Trinajstić information content (AvgIpc) is 3.79. The van der Waals surface area contributed by atoms with E-state index in [4.69, 9.17) is 35.9 Å². The van der Waals surface area contributed by atoms with E-state index in [0.717, 1.165) is 73.2 Å². The maximum absolute atomic E-state index is 13.3. The summed E-state index contributed by atoms with van der Waals surface area (Å²) in [5, 5.41) is 0. The number of amides is 2. The average molecular weight is 809 g/mol. The number of nitrogens with zero attached hydrogens (tertiary/aromatic N) is 2. The molecular formula is C48H80N4O2S2. The molecular weight excluding hydrogens is 729 g/mol. The molecule has 2 saturated heterocycles. The van der Waals surface area contributed by atoms with E-state index in [9.17, 15) is 9.59 Å². The molecule has 0 aromatic rings. The molecule has 2 saturated carbocycles. The molecule has 0 aromatic heterocycles. The van der Waals surface area contributed by atoms with Gasteiger partial charge in [0.2, 0.25) is 11.8 Å². The third-order valence-electron chi connectivity index (χ3n) is 13.0. The van der Waals surface area contributed by atoms with Gasteiger partial charge in [0.15, 0.2) is 0 Å². The highest BCUT2D eigenvalue weighted by molar-refractivity contribution is 7.80. The van der Waals surface area contributed by atoms with Gasteiger partial charge in [0, 0.05) is 84.5 Å². The van der Waals surface area contributed by atoms with Crippen LogP contribution in [0.1, 0.15) is 171 Å². The number of likely N-dealkylation sites (tertiary alicyclic amines) is 2. The molecule has 4 N–H and O–H groups in total. The summed E-state index contributed by atoms with van der Waals surface area (Å²) >= 11 is 10.7. The highest BCUT2D eigenvalue weighted by atomic mass is 32.1. The Hall–Kier alpha value is -1.84. The molecule has 4 rings (SSSR count). The highest BCUT2D eigenvalue weighted by Crippen LogP contribution is 2.39. The molecule has 0 bridgehead atoms. The zero-order valence-corrected chi connectivity index (χ0v) is 38.5. The van der Waals surface area contributed by atoms with Crippen LogP contribution >= 0.6 is 24.4 Å². The van der Waals surface area contributed by atoms with E-state index in [0.29, 0.717) is 37.8 Å². The van der Waals surface area contributed by atoms with Crippen molar-refractivity contribution in [3.8, 4) is 23.7 Å². The second-order valence-electron chi connectivity index (χ2n) is 19.8. The molecule has 4 atom stereocenters. The fourth-order valence-electron chi connectivity index (χ4n) is 9.03. The lowest BCUT2D eigenvalue weighted by atomic mass is 9.73. The second kappa shape index (κ2) is 23.7. The summed E-state index contributed by atoms with van der Waals surface area (Å²) in [6.07, 6.45) is 20.3. The Morgan fingerprint density at radius 3 is 1.32 bits per heavy atom. The van der Waals surface area contributed by atoms with Crippen LogP contribution in [0, 0.1) is 70.0 Å². The van der Waals surface area contributed by atoms with Crippen molar-refractivity contribution in [2.24, 2.45) is 57.8 Å². The maximum Gasteiger partial charge on any atom is 0.226 e. The Labute approximate surface area is 354 Å². The van der Waals surface area contributed by atoms with Crippen LogP contribution in [0.25, 0.3) is 0 Å². The van der Waals surface area contributed by atoms with E-state index in [1.54, 1.807) is 0 Å². The Kier molecular flexibility index (Phi) is 20.5. The fraction of sp³-hybridized carbons (Fsp3) is 0.833. The number of carbonyl (C=O) groups is 2. The van der Waals surface area contributed by atoms with Gasteiger partial charge in [-0.05, 0) is 86.9 Å². The van der Waals surface area contributed by atoms with Gasteiger partial charge in [-0.15, -0.1) is 11.8 Å². The van der Waals surface area contributed by atoms with Crippen molar-refractivity contribution in [1.29, 1.82) is 0 Å². The SMILES string of the molecule is CCCCC1CC(C#CC[C@H]2CCCN2C(=O)[C@@H](CC(=S)CN)C(C)(C)C)C1.CCCCC1CC(C#CC[C@H]2CCCN2C(=O)[C@@H](CC(=S)CN)C(C)(C)C)C1. The number of nitrogens with two attached hydrogens (primary N) is 2. The van der Waals surface area contributed by atoms with E-state index in [1.807, 2.05) is 0 Å². The Morgan fingerprint density at radius 1 is 0.661 bits per heavy atom. The van der Waals surface area contributed by atoms with Crippen molar-refractivity contribution in [3.05, 3.63) is 0 Å². The summed E-state index contributed by atoms with van der Waals surface area (Å²) in [7, 11) is 0. The van der Waals surface area contributed by atoms with E-state index < -0.39 is 0 Å². The zero-order valence-electron chi connectivity index (χ0n) is 36.9. The first-order valence-electron chi connectivity index (χ1n) is 22.5. The van der Waals surface area contributed by atoms with Gasteiger partial charge in [-0.25, -0.2) is 0 Å². The third kappa shape index (κ3) is 15.4. The molecule has 8 heteroatoms. The van der Waals surface area contributed by atoms with Gasteiger partial charge in [-0.3, -0.25) is 9.59 Å².